The van der Waals surface area contributed by atoms with Gasteiger partial charge in [0.05, 0.1) is 17.1 Å². The Bertz CT molecular complexity index is 2970. The predicted molar refractivity (Wildman–Crippen MR) is 218 cm³/mol. The van der Waals surface area contributed by atoms with Crippen LogP contribution in [0.3, 0.4) is 0 Å². The molecule has 1 atom stereocenters. The number of fused-ring (bicyclic) bond motifs is 10. The zero-order chi connectivity index (χ0) is 34.2. The van der Waals surface area contributed by atoms with Crippen LogP contribution in [0.25, 0.3) is 77.6 Å². The lowest BCUT2D eigenvalue weighted by atomic mass is 9.92. The van der Waals surface area contributed by atoms with E-state index in [9.17, 15) is 0 Å². The third-order valence-corrected chi connectivity index (χ3v) is 11.1. The first-order chi connectivity index (χ1) is 25.8. The van der Waals surface area contributed by atoms with E-state index in [0.717, 1.165) is 51.7 Å². The Hall–Kier alpha value is -6.58. The number of rotatable bonds is 4. The van der Waals surface area contributed by atoms with Gasteiger partial charge in [-0.3, -0.25) is 0 Å². The van der Waals surface area contributed by atoms with Crippen LogP contribution in [0, 0.1) is 0 Å². The number of benzene rings is 7. The fourth-order valence-electron chi connectivity index (χ4n) is 8.67. The van der Waals surface area contributed by atoms with Crippen LogP contribution in [-0.4, -0.2) is 4.57 Å². The highest BCUT2D eigenvalue weighted by Crippen LogP contribution is 2.42. The van der Waals surface area contributed by atoms with Crippen LogP contribution in [0.15, 0.2) is 168 Å². The Labute approximate surface area is 301 Å². The van der Waals surface area contributed by atoms with E-state index in [2.05, 4.69) is 168 Å². The topological polar surface area (TPSA) is 30.1 Å². The molecule has 3 heterocycles. The van der Waals surface area contributed by atoms with Crippen molar-refractivity contribution in [2.24, 2.45) is 0 Å². The molecule has 0 bridgehead atoms. The van der Waals surface area contributed by atoms with Crippen LogP contribution in [0.1, 0.15) is 40.3 Å². The van der Waals surface area contributed by atoms with Crippen molar-refractivity contribution >= 4 is 71.9 Å². The maximum Gasteiger partial charge on any atom is 0.144 e. The average Bonchev–Trinajstić information content (AvgIpc) is 3.78. The molecule has 2 aliphatic rings. The molecular formula is C49H34N2O. The highest BCUT2D eigenvalue weighted by atomic mass is 16.3. The third kappa shape index (κ3) is 4.46. The van der Waals surface area contributed by atoms with E-state index in [1.807, 2.05) is 12.1 Å². The van der Waals surface area contributed by atoms with E-state index in [4.69, 9.17) is 4.42 Å². The van der Waals surface area contributed by atoms with Gasteiger partial charge in [0.25, 0.3) is 0 Å². The van der Waals surface area contributed by atoms with Gasteiger partial charge in [-0.1, -0.05) is 121 Å². The molecule has 2 aromatic heterocycles. The summed E-state index contributed by atoms with van der Waals surface area (Å²) in [5.41, 5.74) is 14.0. The molecular weight excluding hydrogens is 633 g/mol. The van der Waals surface area contributed by atoms with E-state index >= 15 is 0 Å². The number of allylic oxidation sites excluding steroid dienone is 3. The zero-order valence-corrected chi connectivity index (χ0v) is 28.5. The number of nitrogens with zero attached hydrogens (tertiary/aromatic N) is 1. The van der Waals surface area contributed by atoms with Crippen molar-refractivity contribution in [2.75, 3.05) is 0 Å². The molecule has 0 spiro atoms. The molecule has 1 aliphatic heterocycles. The number of dihydropyridines is 1. The highest BCUT2D eigenvalue weighted by Gasteiger charge is 2.23. The van der Waals surface area contributed by atoms with Gasteiger partial charge in [-0.25, -0.2) is 0 Å². The summed E-state index contributed by atoms with van der Waals surface area (Å²) in [6, 6.07) is 52.6. The minimum atomic E-state index is 0.00125. The molecule has 0 saturated carbocycles. The first-order valence-corrected chi connectivity index (χ1v) is 18.2. The summed E-state index contributed by atoms with van der Waals surface area (Å²) >= 11 is 0. The number of hydrogen-bond donors (Lipinski definition) is 1. The number of aryl methyl sites for hydroxylation is 1. The Kier molecular flexibility index (Phi) is 6.44. The number of para-hydroxylation sites is 2. The minimum Gasteiger partial charge on any atom is -0.455 e. The number of hydrogen-bond acceptors (Lipinski definition) is 2. The number of nitrogens with one attached hydrogen (secondary N) is 1. The van der Waals surface area contributed by atoms with Crippen molar-refractivity contribution < 1.29 is 4.42 Å². The quantitative estimate of drug-likeness (QED) is 0.203. The Balaban J connectivity index is 1.07. The molecule has 0 fully saturated rings. The maximum atomic E-state index is 6.50. The van der Waals surface area contributed by atoms with Crippen molar-refractivity contribution in [2.45, 2.75) is 18.9 Å². The van der Waals surface area contributed by atoms with Crippen molar-refractivity contribution in [1.82, 2.24) is 9.88 Å². The van der Waals surface area contributed by atoms with Crippen molar-refractivity contribution in [3.05, 3.63) is 192 Å². The molecule has 9 aromatic rings. The summed E-state index contributed by atoms with van der Waals surface area (Å²) in [6.45, 7) is 0. The van der Waals surface area contributed by atoms with Crippen LogP contribution in [0.5, 0.6) is 0 Å². The average molecular weight is 667 g/mol. The molecule has 3 nitrogen and oxygen atoms in total. The molecule has 11 rings (SSSR count). The molecule has 246 valence electrons. The standard InChI is InChI=1S/C49H34N2O/c1-2-13-34(14-3-1)42-29-35(30-43(50-42)41-19-10-18-40-39-17-8-9-20-46(39)52-49(40)41)31-21-25-36(26-22-31)51-44-27-23-32-11-4-6-15-37(32)47(44)48-38-16-7-5-12-33(38)24-28-45(48)51/h1-6,8-15,17-30,42,50H,7,16H2. The van der Waals surface area contributed by atoms with Crippen LogP contribution < -0.4 is 5.32 Å². The molecule has 1 unspecified atom stereocenters. The van der Waals surface area contributed by atoms with E-state index < -0.39 is 0 Å². The summed E-state index contributed by atoms with van der Waals surface area (Å²) < 4.78 is 8.97. The van der Waals surface area contributed by atoms with Crippen LogP contribution in [0.4, 0.5) is 0 Å². The van der Waals surface area contributed by atoms with Gasteiger partial charge in [0.1, 0.15) is 11.2 Å². The minimum absolute atomic E-state index is 0.00125. The van der Waals surface area contributed by atoms with Crippen molar-refractivity contribution in [3.8, 4) is 5.69 Å². The molecule has 3 heteroatoms. The van der Waals surface area contributed by atoms with Crippen LogP contribution >= 0.6 is 0 Å². The summed E-state index contributed by atoms with van der Waals surface area (Å²) in [5.74, 6) is 0. The SMILES string of the molecule is C1=Cc2ccc3c(c2CC1)c1c2ccccc2ccc1n3-c1ccc(C2=CC(c3ccccc3)NC(c3cccc4c3oc3ccccc34)=C2)cc1. The van der Waals surface area contributed by atoms with Crippen LogP contribution in [-0.2, 0) is 6.42 Å². The molecule has 0 radical (unpaired) electrons. The molecule has 0 saturated heterocycles. The van der Waals surface area contributed by atoms with E-state index in [1.165, 1.54) is 60.4 Å². The monoisotopic (exact) mass is 666 g/mol. The molecule has 0 amide bonds. The first kappa shape index (κ1) is 29.2. The van der Waals surface area contributed by atoms with Gasteiger partial charge in [-0.2, -0.15) is 0 Å². The fraction of sp³-hybridized carbons (Fsp3) is 0.0612. The van der Waals surface area contributed by atoms with Gasteiger partial charge in [0.15, 0.2) is 0 Å². The largest absolute Gasteiger partial charge is 0.455 e. The Morgan fingerprint density at radius 3 is 2.31 bits per heavy atom. The lowest BCUT2D eigenvalue weighted by Crippen LogP contribution is -2.21. The van der Waals surface area contributed by atoms with Crippen molar-refractivity contribution in [1.29, 1.82) is 0 Å². The molecule has 7 aromatic carbocycles. The smallest absolute Gasteiger partial charge is 0.144 e. The molecule has 52 heavy (non-hydrogen) atoms. The second-order valence-corrected chi connectivity index (χ2v) is 14.0. The van der Waals surface area contributed by atoms with E-state index in [1.54, 1.807) is 0 Å². The van der Waals surface area contributed by atoms with Gasteiger partial charge in [0.2, 0.25) is 0 Å². The summed E-state index contributed by atoms with van der Waals surface area (Å²) in [5, 5.41) is 11.4. The van der Waals surface area contributed by atoms with Gasteiger partial charge in [-0.05, 0) is 100.0 Å². The lowest BCUT2D eigenvalue weighted by molar-refractivity contribution is 0.665. The second kappa shape index (κ2) is 11.5. The van der Waals surface area contributed by atoms with Gasteiger partial charge < -0.3 is 14.3 Å². The van der Waals surface area contributed by atoms with Crippen molar-refractivity contribution in [3.63, 3.8) is 0 Å². The zero-order valence-electron chi connectivity index (χ0n) is 28.5. The second-order valence-electron chi connectivity index (χ2n) is 14.0. The van der Waals surface area contributed by atoms with Crippen LogP contribution in [0.2, 0.25) is 0 Å². The Morgan fingerprint density at radius 1 is 0.635 bits per heavy atom. The molecule has 1 aliphatic carbocycles. The first-order valence-electron chi connectivity index (χ1n) is 18.2. The van der Waals surface area contributed by atoms with Gasteiger partial charge in [-0.15, -0.1) is 0 Å². The van der Waals surface area contributed by atoms with Gasteiger partial charge in [0, 0.05) is 38.5 Å². The third-order valence-electron chi connectivity index (χ3n) is 11.1. The predicted octanol–water partition coefficient (Wildman–Crippen LogP) is 12.6. The highest BCUT2D eigenvalue weighted by molar-refractivity contribution is 6.22. The maximum absolute atomic E-state index is 6.50. The van der Waals surface area contributed by atoms with E-state index in [-0.39, 0.29) is 6.04 Å². The summed E-state index contributed by atoms with van der Waals surface area (Å²) in [4.78, 5) is 0. The number of aromatic nitrogens is 1. The van der Waals surface area contributed by atoms with Gasteiger partial charge >= 0.3 is 0 Å². The van der Waals surface area contributed by atoms with E-state index in [0.29, 0.717) is 0 Å². The molecule has 1 N–H and O–H groups in total. The lowest BCUT2D eigenvalue weighted by Gasteiger charge is -2.26. The Morgan fingerprint density at radius 2 is 1.40 bits per heavy atom. The fourth-order valence-corrected chi connectivity index (χ4v) is 8.67. The summed E-state index contributed by atoms with van der Waals surface area (Å²) in [6.07, 6.45) is 11.4. The normalized spacial score (nSPS) is 15.7. The number of furan rings is 1. The summed E-state index contributed by atoms with van der Waals surface area (Å²) in [7, 11) is 0.